The van der Waals surface area contributed by atoms with E-state index in [0.717, 1.165) is 24.2 Å². The van der Waals surface area contributed by atoms with Gasteiger partial charge in [-0.05, 0) is 37.0 Å². The number of carbonyl (C=O) groups is 2. The molecule has 2 fully saturated rings. The molecule has 1 aliphatic carbocycles. The second kappa shape index (κ2) is 6.81. The lowest BCUT2D eigenvalue weighted by molar-refractivity contribution is -0.134. The molecular weight excluding hydrogens is 306 g/mol. The van der Waals surface area contributed by atoms with E-state index in [1.54, 1.807) is 12.0 Å². The minimum atomic E-state index is -0.788. The average molecular weight is 331 g/mol. The van der Waals surface area contributed by atoms with Crippen LogP contribution in [0.3, 0.4) is 0 Å². The van der Waals surface area contributed by atoms with E-state index < -0.39 is 11.6 Å². The molecule has 130 valence electrons. The third-order valence-electron chi connectivity index (χ3n) is 5.08. The normalized spacial score (nSPS) is 22.7. The predicted octanol–water partition coefficient (Wildman–Crippen LogP) is 1.18. The standard InChI is InChI=1S/C18H25N3O3/c1-24-14-6-4-13(5-7-14)12-21-11-8-15(16(21)22)20-17(23)18(19)9-2-3-10-18/h4-7,15H,2-3,8-12,19H2,1H3,(H,20,23). The summed E-state index contributed by atoms with van der Waals surface area (Å²) in [7, 11) is 1.63. The Kier molecular flexibility index (Phi) is 4.76. The first-order valence-electron chi connectivity index (χ1n) is 8.53. The summed E-state index contributed by atoms with van der Waals surface area (Å²) >= 11 is 0. The van der Waals surface area contributed by atoms with Crippen LogP contribution in [0, 0.1) is 0 Å². The number of hydrogen-bond acceptors (Lipinski definition) is 4. The Morgan fingerprint density at radius 3 is 2.62 bits per heavy atom. The maximum absolute atomic E-state index is 12.5. The zero-order chi connectivity index (χ0) is 17.2. The van der Waals surface area contributed by atoms with Gasteiger partial charge in [0.15, 0.2) is 0 Å². The monoisotopic (exact) mass is 331 g/mol. The van der Waals surface area contributed by atoms with Gasteiger partial charge < -0.3 is 20.7 Å². The third-order valence-corrected chi connectivity index (χ3v) is 5.08. The zero-order valence-corrected chi connectivity index (χ0v) is 14.1. The van der Waals surface area contributed by atoms with Crippen molar-refractivity contribution in [2.75, 3.05) is 13.7 Å². The maximum atomic E-state index is 12.5. The van der Waals surface area contributed by atoms with Crippen LogP contribution in [0.25, 0.3) is 0 Å². The van der Waals surface area contributed by atoms with Crippen LogP contribution in [-0.2, 0) is 16.1 Å². The summed E-state index contributed by atoms with van der Waals surface area (Å²) in [5, 5.41) is 2.87. The van der Waals surface area contributed by atoms with Gasteiger partial charge in [-0.15, -0.1) is 0 Å². The van der Waals surface area contributed by atoms with Gasteiger partial charge in [-0.3, -0.25) is 9.59 Å². The summed E-state index contributed by atoms with van der Waals surface area (Å²) in [6.45, 7) is 1.19. The number of methoxy groups -OCH3 is 1. The minimum absolute atomic E-state index is 0.0271. The number of rotatable bonds is 5. The summed E-state index contributed by atoms with van der Waals surface area (Å²) in [6, 6.07) is 7.22. The molecule has 1 aromatic rings. The first kappa shape index (κ1) is 16.8. The van der Waals surface area contributed by atoms with Gasteiger partial charge in [0.25, 0.3) is 0 Å². The van der Waals surface area contributed by atoms with E-state index in [4.69, 9.17) is 10.5 Å². The molecule has 3 rings (SSSR count). The van der Waals surface area contributed by atoms with Crippen molar-refractivity contribution >= 4 is 11.8 Å². The van der Waals surface area contributed by atoms with Crippen LogP contribution in [0.2, 0.25) is 0 Å². The Morgan fingerprint density at radius 2 is 2.00 bits per heavy atom. The fourth-order valence-electron chi connectivity index (χ4n) is 3.52. The number of nitrogens with two attached hydrogens (primary N) is 1. The first-order chi connectivity index (χ1) is 11.5. The molecule has 2 amide bonds. The van der Waals surface area contributed by atoms with Crippen molar-refractivity contribution < 1.29 is 14.3 Å². The van der Waals surface area contributed by atoms with Gasteiger partial charge in [0.05, 0.1) is 12.6 Å². The molecule has 0 radical (unpaired) electrons. The highest BCUT2D eigenvalue weighted by atomic mass is 16.5. The Hall–Kier alpha value is -2.08. The Morgan fingerprint density at radius 1 is 1.33 bits per heavy atom. The van der Waals surface area contributed by atoms with E-state index >= 15 is 0 Å². The lowest BCUT2D eigenvalue weighted by atomic mass is 9.97. The predicted molar refractivity (Wildman–Crippen MR) is 90.3 cm³/mol. The van der Waals surface area contributed by atoms with Crippen LogP contribution >= 0.6 is 0 Å². The number of nitrogens with zero attached hydrogens (tertiary/aromatic N) is 1. The van der Waals surface area contributed by atoms with E-state index in [1.165, 1.54) is 0 Å². The lowest BCUT2D eigenvalue weighted by Gasteiger charge is -2.24. The SMILES string of the molecule is COc1ccc(CN2CCC(NC(=O)C3(N)CCCC3)C2=O)cc1. The van der Waals surface area contributed by atoms with Crippen molar-refractivity contribution in [2.24, 2.45) is 5.73 Å². The van der Waals surface area contributed by atoms with Crippen LogP contribution in [-0.4, -0.2) is 41.9 Å². The molecule has 1 saturated heterocycles. The molecule has 1 atom stereocenters. The smallest absolute Gasteiger partial charge is 0.245 e. The van der Waals surface area contributed by atoms with E-state index in [0.29, 0.717) is 32.4 Å². The van der Waals surface area contributed by atoms with Gasteiger partial charge >= 0.3 is 0 Å². The van der Waals surface area contributed by atoms with Crippen LogP contribution in [0.15, 0.2) is 24.3 Å². The largest absolute Gasteiger partial charge is 0.497 e. The maximum Gasteiger partial charge on any atom is 0.245 e. The van der Waals surface area contributed by atoms with Crippen LogP contribution < -0.4 is 15.8 Å². The van der Waals surface area contributed by atoms with Gasteiger partial charge in [-0.25, -0.2) is 0 Å². The van der Waals surface area contributed by atoms with Crippen molar-refractivity contribution in [1.29, 1.82) is 0 Å². The Bertz CT molecular complexity index is 608. The molecule has 0 aromatic heterocycles. The third kappa shape index (κ3) is 3.38. The molecule has 1 heterocycles. The zero-order valence-electron chi connectivity index (χ0n) is 14.1. The summed E-state index contributed by atoms with van der Waals surface area (Å²) in [6.07, 6.45) is 4.00. The molecule has 3 N–H and O–H groups in total. The van der Waals surface area contributed by atoms with E-state index in [-0.39, 0.29) is 11.8 Å². The Balaban J connectivity index is 1.57. The molecule has 1 aromatic carbocycles. The molecule has 0 spiro atoms. The number of likely N-dealkylation sites (tertiary alicyclic amines) is 1. The molecular formula is C18H25N3O3. The number of hydrogen-bond donors (Lipinski definition) is 2. The van der Waals surface area contributed by atoms with Crippen molar-refractivity contribution in [3.8, 4) is 5.75 Å². The van der Waals surface area contributed by atoms with Gasteiger partial charge in [-0.2, -0.15) is 0 Å². The molecule has 2 aliphatic rings. The summed E-state index contributed by atoms with van der Waals surface area (Å²) in [5.41, 5.74) is 6.42. The van der Waals surface area contributed by atoms with Crippen LogP contribution in [0.1, 0.15) is 37.7 Å². The van der Waals surface area contributed by atoms with Gasteiger partial charge in [-0.1, -0.05) is 25.0 Å². The van der Waals surface area contributed by atoms with Crippen molar-refractivity contribution in [2.45, 2.75) is 50.2 Å². The minimum Gasteiger partial charge on any atom is -0.497 e. The van der Waals surface area contributed by atoms with E-state index in [2.05, 4.69) is 5.32 Å². The molecule has 0 bridgehead atoms. The molecule has 1 aliphatic heterocycles. The van der Waals surface area contributed by atoms with E-state index in [1.807, 2.05) is 24.3 Å². The molecule has 1 unspecified atom stereocenters. The van der Waals surface area contributed by atoms with Crippen molar-refractivity contribution in [3.05, 3.63) is 29.8 Å². The lowest BCUT2D eigenvalue weighted by Crippen LogP contribution is -2.55. The van der Waals surface area contributed by atoms with Gasteiger partial charge in [0, 0.05) is 13.1 Å². The molecule has 24 heavy (non-hydrogen) atoms. The molecule has 1 saturated carbocycles. The fraction of sp³-hybridized carbons (Fsp3) is 0.556. The number of benzene rings is 1. The summed E-state index contributed by atoms with van der Waals surface area (Å²) in [5.74, 6) is 0.590. The van der Waals surface area contributed by atoms with Crippen LogP contribution in [0.5, 0.6) is 5.75 Å². The van der Waals surface area contributed by atoms with E-state index in [9.17, 15) is 9.59 Å². The quantitative estimate of drug-likeness (QED) is 0.849. The average Bonchev–Trinajstić information content (AvgIpc) is 3.17. The highest BCUT2D eigenvalue weighted by Gasteiger charge is 2.40. The highest BCUT2D eigenvalue weighted by molar-refractivity contribution is 5.93. The van der Waals surface area contributed by atoms with Gasteiger partial charge in [0.1, 0.15) is 11.8 Å². The fourth-order valence-corrected chi connectivity index (χ4v) is 3.52. The number of ether oxygens (including phenoxy) is 1. The first-order valence-corrected chi connectivity index (χ1v) is 8.53. The second-order valence-electron chi connectivity index (χ2n) is 6.79. The van der Waals surface area contributed by atoms with Crippen molar-refractivity contribution in [1.82, 2.24) is 10.2 Å². The summed E-state index contributed by atoms with van der Waals surface area (Å²) in [4.78, 5) is 26.7. The number of carbonyl (C=O) groups excluding carboxylic acids is 2. The topological polar surface area (TPSA) is 84.7 Å². The van der Waals surface area contributed by atoms with Gasteiger partial charge in [0.2, 0.25) is 11.8 Å². The Labute approximate surface area is 142 Å². The number of nitrogens with one attached hydrogen (secondary N) is 1. The van der Waals surface area contributed by atoms with Crippen LogP contribution in [0.4, 0.5) is 0 Å². The summed E-state index contributed by atoms with van der Waals surface area (Å²) < 4.78 is 5.14. The highest BCUT2D eigenvalue weighted by Crippen LogP contribution is 2.28. The number of amides is 2. The molecule has 6 heteroatoms. The second-order valence-corrected chi connectivity index (χ2v) is 6.79. The van der Waals surface area contributed by atoms with Crippen molar-refractivity contribution in [3.63, 3.8) is 0 Å². The molecule has 6 nitrogen and oxygen atoms in total.